The molecule has 0 saturated carbocycles. The lowest BCUT2D eigenvalue weighted by Crippen LogP contribution is -2.33. The molecule has 3 nitrogen and oxygen atoms in total. The third kappa shape index (κ3) is 2.83. The van der Waals surface area contributed by atoms with E-state index in [1.165, 1.54) is 65.7 Å². The zero-order valence-electron chi connectivity index (χ0n) is 14.3. The van der Waals surface area contributed by atoms with Gasteiger partial charge in [-0.25, -0.2) is 0 Å². The highest BCUT2D eigenvalue weighted by Gasteiger charge is 2.21. The standard InChI is InChI=1S/C20H27N3/c1-13-9-17-19(10-14(13)2)23-18-7-3-6-16(18)20(17)22-12-15-5-4-8-21-11-15/h9-10,15,21H,3-8,11-12H2,1-2H3,(H,22,23)/t15-/m0/s1. The number of piperidine rings is 1. The molecule has 0 unspecified atom stereocenters. The number of aryl methyl sites for hydroxylation is 3. The molecule has 0 amide bonds. The lowest BCUT2D eigenvalue weighted by atomic mass is 9.98. The van der Waals surface area contributed by atoms with Gasteiger partial charge in [-0.2, -0.15) is 0 Å². The lowest BCUT2D eigenvalue weighted by molar-refractivity contribution is 0.393. The van der Waals surface area contributed by atoms with Crippen molar-refractivity contribution in [1.29, 1.82) is 0 Å². The molecule has 1 atom stereocenters. The van der Waals surface area contributed by atoms with Crippen molar-refractivity contribution in [3.8, 4) is 0 Å². The second-order valence-electron chi connectivity index (χ2n) is 7.31. The van der Waals surface area contributed by atoms with Crippen LogP contribution in [-0.2, 0) is 12.8 Å². The van der Waals surface area contributed by atoms with Gasteiger partial charge in [0.15, 0.2) is 0 Å². The minimum absolute atomic E-state index is 0.746. The van der Waals surface area contributed by atoms with Crippen molar-refractivity contribution in [3.63, 3.8) is 0 Å². The summed E-state index contributed by atoms with van der Waals surface area (Å²) in [6.07, 6.45) is 6.20. The van der Waals surface area contributed by atoms with Crippen LogP contribution in [0.15, 0.2) is 12.1 Å². The summed E-state index contributed by atoms with van der Waals surface area (Å²) in [4.78, 5) is 4.96. The Bertz CT molecular complexity index is 729. The van der Waals surface area contributed by atoms with Crippen LogP contribution in [0.3, 0.4) is 0 Å². The Morgan fingerprint density at radius 1 is 1.17 bits per heavy atom. The Hall–Kier alpha value is -1.61. The summed E-state index contributed by atoms with van der Waals surface area (Å²) < 4.78 is 0. The first-order valence-corrected chi connectivity index (χ1v) is 9.09. The monoisotopic (exact) mass is 309 g/mol. The molecule has 1 aliphatic carbocycles. The Morgan fingerprint density at radius 3 is 2.87 bits per heavy atom. The molecule has 1 fully saturated rings. The molecule has 2 aliphatic rings. The van der Waals surface area contributed by atoms with Crippen molar-refractivity contribution in [1.82, 2.24) is 10.3 Å². The quantitative estimate of drug-likeness (QED) is 0.906. The van der Waals surface area contributed by atoms with Gasteiger partial charge in [0.25, 0.3) is 0 Å². The summed E-state index contributed by atoms with van der Waals surface area (Å²) in [5.41, 5.74) is 8.04. The summed E-state index contributed by atoms with van der Waals surface area (Å²) in [6, 6.07) is 4.59. The molecule has 2 heterocycles. The Balaban J connectivity index is 1.72. The number of pyridine rings is 1. The number of fused-ring (bicyclic) bond motifs is 2. The fraction of sp³-hybridized carbons (Fsp3) is 0.550. The van der Waals surface area contributed by atoms with E-state index < -0.39 is 0 Å². The van der Waals surface area contributed by atoms with Gasteiger partial charge in [-0.3, -0.25) is 4.98 Å². The lowest BCUT2D eigenvalue weighted by Gasteiger charge is -2.24. The Morgan fingerprint density at radius 2 is 2.04 bits per heavy atom. The number of nitrogens with zero attached hydrogens (tertiary/aromatic N) is 1. The molecule has 2 N–H and O–H groups in total. The van der Waals surface area contributed by atoms with E-state index in [0.717, 1.165) is 30.9 Å². The molecule has 1 aromatic carbocycles. The summed E-state index contributed by atoms with van der Waals surface area (Å²) in [7, 11) is 0. The van der Waals surface area contributed by atoms with Crippen LogP contribution in [0.1, 0.15) is 41.6 Å². The number of aromatic nitrogens is 1. The van der Waals surface area contributed by atoms with Gasteiger partial charge in [0.05, 0.1) is 5.52 Å². The van der Waals surface area contributed by atoms with E-state index in [2.05, 4.69) is 36.6 Å². The second kappa shape index (κ2) is 6.12. The molecule has 1 aromatic heterocycles. The van der Waals surface area contributed by atoms with Crippen LogP contribution in [0.25, 0.3) is 10.9 Å². The van der Waals surface area contributed by atoms with Gasteiger partial charge < -0.3 is 10.6 Å². The molecule has 0 spiro atoms. The maximum Gasteiger partial charge on any atom is 0.0729 e. The van der Waals surface area contributed by atoms with Gasteiger partial charge >= 0.3 is 0 Å². The number of rotatable bonds is 3. The average molecular weight is 309 g/mol. The maximum absolute atomic E-state index is 4.96. The van der Waals surface area contributed by atoms with Crippen LogP contribution in [0.2, 0.25) is 0 Å². The van der Waals surface area contributed by atoms with E-state index in [4.69, 9.17) is 4.98 Å². The summed E-state index contributed by atoms with van der Waals surface area (Å²) in [5.74, 6) is 0.746. The second-order valence-corrected chi connectivity index (χ2v) is 7.31. The summed E-state index contributed by atoms with van der Waals surface area (Å²) >= 11 is 0. The third-order valence-corrected chi connectivity index (χ3v) is 5.59. The van der Waals surface area contributed by atoms with Crippen molar-refractivity contribution in [3.05, 3.63) is 34.5 Å². The number of nitrogens with one attached hydrogen (secondary N) is 2. The van der Waals surface area contributed by atoms with Gasteiger partial charge in [-0.05, 0) is 93.8 Å². The number of hydrogen-bond donors (Lipinski definition) is 2. The largest absolute Gasteiger partial charge is 0.384 e. The molecule has 0 radical (unpaired) electrons. The molecule has 122 valence electrons. The first kappa shape index (κ1) is 14.9. The first-order chi connectivity index (χ1) is 11.2. The molecule has 1 aliphatic heterocycles. The fourth-order valence-corrected chi connectivity index (χ4v) is 4.07. The Labute approximate surface area is 138 Å². The van der Waals surface area contributed by atoms with Crippen LogP contribution in [0.5, 0.6) is 0 Å². The highest BCUT2D eigenvalue weighted by molar-refractivity contribution is 5.94. The zero-order chi connectivity index (χ0) is 15.8. The van der Waals surface area contributed by atoms with Crippen LogP contribution in [-0.4, -0.2) is 24.6 Å². The number of benzene rings is 1. The van der Waals surface area contributed by atoms with E-state index in [0.29, 0.717) is 0 Å². The van der Waals surface area contributed by atoms with E-state index in [-0.39, 0.29) is 0 Å². The maximum atomic E-state index is 4.96. The molecular formula is C20H27N3. The molecule has 2 aromatic rings. The van der Waals surface area contributed by atoms with Crippen molar-refractivity contribution >= 4 is 16.6 Å². The molecular weight excluding hydrogens is 282 g/mol. The summed E-state index contributed by atoms with van der Waals surface area (Å²) in [5, 5.41) is 8.67. The van der Waals surface area contributed by atoms with Crippen molar-refractivity contribution in [2.75, 3.05) is 25.0 Å². The first-order valence-electron chi connectivity index (χ1n) is 9.09. The van der Waals surface area contributed by atoms with Crippen LogP contribution in [0, 0.1) is 19.8 Å². The van der Waals surface area contributed by atoms with Gasteiger partial charge in [0, 0.05) is 23.3 Å². The number of hydrogen-bond acceptors (Lipinski definition) is 3. The van der Waals surface area contributed by atoms with Gasteiger partial charge in [-0.1, -0.05) is 0 Å². The topological polar surface area (TPSA) is 37.0 Å². The van der Waals surface area contributed by atoms with E-state index in [9.17, 15) is 0 Å². The van der Waals surface area contributed by atoms with E-state index >= 15 is 0 Å². The Kier molecular flexibility index (Phi) is 3.98. The third-order valence-electron chi connectivity index (χ3n) is 5.59. The van der Waals surface area contributed by atoms with Crippen molar-refractivity contribution < 1.29 is 0 Å². The molecule has 1 saturated heterocycles. The van der Waals surface area contributed by atoms with Crippen LogP contribution in [0.4, 0.5) is 5.69 Å². The van der Waals surface area contributed by atoms with Crippen molar-refractivity contribution in [2.24, 2.45) is 5.92 Å². The van der Waals surface area contributed by atoms with E-state index in [1.807, 2.05) is 0 Å². The van der Waals surface area contributed by atoms with E-state index in [1.54, 1.807) is 0 Å². The smallest absolute Gasteiger partial charge is 0.0729 e. The predicted molar refractivity (Wildman–Crippen MR) is 97.3 cm³/mol. The SMILES string of the molecule is Cc1cc2nc3c(c(NC[C@H]4CCCNC4)c2cc1C)CCC3. The van der Waals surface area contributed by atoms with Gasteiger partial charge in [-0.15, -0.1) is 0 Å². The molecule has 3 heteroatoms. The zero-order valence-corrected chi connectivity index (χ0v) is 14.3. The number of anilines is 1. The average Bonchev–Trinajstić information content (AvgIpc) is 3.02. The van der Waals surface area contributed by atoms with Crippen LogP contribution < -0.4 is 10.6 Å². The fourth-order valence-electron chi connectivity index (χ4n) is 4.07. The highest BCUT2D eigenvalue weighted by atomic mass is 14.9. The molecule has 0 bridgehead atoms. The van der Waals surface area contributed by atoms with Crippen molar-refractivity contribution in [2.45, 2.75) is 46.0 Å². The highest BCUT2D eigenvalue weighted by Crippen LogP contribution is 2.35. The molecule has 23 heavy (non-hydrogen) atoms. The summed E-state index contributed by atoms with van der Waals surface area (Å²) in [6.45, 7) is 7.80. The van der Waals surface area contributed by atoms with Gasteiger partial charge in [0.2, 0.25) is 0 Å². The molecule has 4 rings (SSSR count). The normalized spacial score (nSPS) is 20.7. The minimum atomic E-state index is 0.746. The van der Waals surface area contributed by atoms with Gasteiger partial charge in [0.1, 0.15) is 0 Å². The van der Waals surface area contributed by atoms with Crippen LogP contribution >= 0.6 is 0 Å². The predicted octanol–water partition coefficient (Wildman–Crippen LogP) is 3.75. The minimum Gasteiger partial charge on any atom is -0.384 e.